The van der Waals surface area contributed by atoms with Crippen molar-refractivity contribution in [2.75, 3.05) is 12.3 Å². The van der Waals surface area contributed by atoms with Gasteiger partial charge in [0.1, 0.15) is 0 Å². The molecular weight excluding hydrogens is 304 g/mol. The Kier molecular flexibility index (Phi) is 5.81. The van der Waals surface area contributed by atoms with Crippen LogP contribution in [0, 0.1) is 20.8 Å². The standard InChI is InChI=1S/C14H20N4OS2/c1-10-7-12(3)18(17-10)6-4-5-15-13(19)9-21-14-16-11(2)8-20-14/h7-8H,4-6,9H2,1-3H3,(H,15,19). The number of rotatable bonds is 7. The van der Waals surface area contributed by atoms with E-state index in [9.17, 15) is 4.79 Å². The van der Waals surface area contributed by atoms with Crippen LogP contribution in [0.5, 0.6) is 0 Å². The van der Waals surface area contributed by atoms with Crippen LogP contribution in [0.4, 0.5) is 0 Å². The molecule has 0 aliphatic rings. The van der Waals surface area contributed by atoms with E-state index >= 15 is 0 Å². The predicted octanol–water partition coefficient (Wildman–Crippen LogP) is 2.56. The number of nitrogens with one attached hydrogen (secondary N) is 1. The van der Waals surface area contributed by atoms with Crippen molar-refractivity contribution in [3.05, 3.63) is 28.5 Å². The number of amides is 1. The maximum atomic E-state index is 11.7. The van der Waals surface area contributed by atoms with Crippen molar-refractivity contribution in [1.82, 2.24) is 20.1 Å². The van der Waals surface area contributed by atoms with Crippen LogP contribution in [0.15, 0.2) is 15.8 Å². The molecule has 0 saturated heterocycles. The van der Waals surface area contributed by atoms with Crippen molar-refractivity contribution in [2.24, 2.45) is 0 Å². The molecule has 2 heterocycles. The molecule has 0 fully saturated rings. The summed E-state index contributed by atoms with van der Waals surface area (Å²) in [6, 6.07) is 2.06. The number of nitrogens with zero attached hydrogens (tertiary/aromatic N) is 3. The number of carbonyl (C=O) groups is 1. The zero-order valence-corrected chi connectivity index (χ0v) is 14.2. The average molecular weight is 324 g/mol. The third-order valence-corrected chi connectivity index (χ3v) is 5.04. The number of hydrogen-bond donors (Lipinski definition) is 1. The fourth-order valence-corrected chi connectivity index (χ4v) is 3.61. The molecule has 0 saturated carbocycles. The summed E-state index contributed by atoms with van der Waals surface area (Å²) in [7, 11) is 0. The molecule has 5 nitrogen and oxygen atoms in total. The van der Waals surface area contributed by atoms with Crippen molar-refractivity contribution in [2.45, 2.75) is 38.1 Å². The number of hydrogen-bond acceptors (Lipinski definition) is 5. The van der Waals surface area contributed by atoms with E-state index in [-0.39, 0.29) is 5.91 Å². The van der Waals surface area contributed by atoms with E-state index in [0.29, 0.717) is 12.3 Å². The maximum absolute atomic E-state index is 11.7. The first-order chi connectivity index (χ1) is 10.0. The molecule has 0 radical (unpaired) electrons. The van der Waals surface area contributed by atoms with Gasteiger partial charge in [-0.05, 0) is 33.3 Å². The van der Waals surface area contributed by atoms with E-state index in [0.717, 1.165) is 34.4 Å². The van der Waals surface area contributed by atoms with E-state index in [2.05, 4.69) is 21.5 Å². The van der Waals surface area contributed by atoms with Gasteiger partial charge >= 0.3 is 0 Å². The smallest absolute Gasteiger partial charge is 0.230 e. The highest BCUT2D eigenvalue weighted by Gasteiger charge is 2.05. The summed E-state index contributed by atoms with van der Waals surface area (Å²) in [6.45, 7) is 7.50. The molecule has 0 aromatic carbocycles. The molecule has 7 heteroatoms. The molecule has 0 spiro atoms. The largest absolute Gasteiger partial charge is 0.355 e. The Morgan fingerprint density at radius 1 is 1.38 bits per heavy atom. The number of carbonyl (C=O) groups excluding carboxylic acids is 1. The Morgan fingerprint density at radius 2 is 2.19 bits per heavy atom. The summed E-state index contributed by atoms with van der Waals surface area (Å²) in [5, 5.41) is 9.33. The summed E-state index contributed by atoms with van der Waals surface area (Å²) >= 11 is 3.07. The second-order valence-electron chi connectivity index (χ2n) is 4.90. The van der Waals surface area contributed by atoms with E-state index in [1.807, 2.05) is 30.8 Å². The Hall–Kier alpha value is -1.34. The van der Waals surface area contributed by atoms with Crippen LogP contribution in [0.25, 0.3) is 0 Å². The molecule has 2 aromatic heterocycles. The zero-order valence-electron chi connectivity index (χ0n) is 12.5. The van der Waals surface area contributed by atoms with Gasteiger partial charge in [0, 0.05) is 29.9 Å². The first-order valence-corrected chi connectivity index (χ1v) is 8.74. The van der Waals surface area contributed by atoms with Gasteiger partial charge < -0.3 is 5.32 Å². The molecule has 114 valence electrons. The number of thiazole rings is 1. The molecule has 2 aromatic rings. The zero-order chi connectivity index (χ0) is 15.2. The van der Waals surface area contributed by atoms with E-state index in [1.54, 1.807) is 11.3 Å². The first-order valence-electron chi connectivity index (χ1n) is 6.87. The summed E-state index contributed by atoms with van der Waals surface area (Å²) in [5.41, 5.74) is 3.20. The highest BCUT2D eigenvalue weighted by atomic mass is 32.2. The molecule has 1 N–H and O–H groups in total. The lowest BCUT2D eigenvalue weighted by Crippen LogP contribution is -2.27. The van der Waals surface area contributed by atoms with Crippen LogP contribution in [0.3, 0.4) is 0 Å². The fourth-order valence-electron chi connectivity index (χ4n) is 1.93. The van der Waals surface area contributed by atoms with Gasteiger partial charge in [-0.1, -0.05) is 11.8 Å². The number of aromatic nitrogens is 3. The Morgan fingerprint density at radius 3 is 2.81 bits per heavy atom. The van der Waals surface area contributed by atoms with Crippen LogP contribution in [-0.2, 0) is 11.3 Å². The summed E-state index contributed by atoms with van der Waals surface area (Å²) < 4.78 is 2.93. The molecule has 1 amide bonds. The minimum absolute atomic E-state index is 0.0567. The number of aryl methyl sites for hydroxylation is 4. The van der Waals surface area contributed by atoms with Crippen molar-refractivity contribution in [3.63, 3.8) is 0 Å². The Labute approximate surface area is 133 Å². The third kappa shape index (κ3) is 5.17. The van der Waals surface area contributed by atoms with Crippen molar-refractivity contribution in [1.29, 1.82) is 0 Å². The van der Waals surface area contributed by atoms with E-state index in [4.69, 9.17) is 0 Å². The monoisotopic (exact) mass is 324 g/mol. The first kappa shape index (κ1) is 16.0. The van der Waals surface area contributed by atoms with Gasteiger partial charge in [0.15, 0.2) is 4.34 Å². The van der Waals surface area contributed by atoms with Gasteiger partial charge in [0.25, 0.3) is 0 Å². The minimum atomic E-state index is 0.0567. The van der Waals surface area contributed by atoms with Crippen LogP contribution in [0.1, 0.15) is 23.5 Å². The molecule has 0 atom stereocenters. The highest BCUT2D eigenvalue weighted by Crippen LogP contribution is 2.21. The van der Waals surface area contributed by atoms with Gasteiger partial charge in [-0.15, -0.1) is 11.3 Å². The minimum Gasteiger partial charge on any atom is -0.355 e. The molecular formula is C14H20N4OS2. The van der Waals surface area contributed by atoms with Crippen LogP contribution in [0.2, 0.25) is 0 Å². The van der Waals surface area contributed by atoms with Gasteiger partial charge in [-0.2, -0.15) is 5.10 Å². The lowest BCUT2D eigenvalue weighted by Gasteiger charge is -2.06. The normalized spacial score (nSPS) is 10.8. The lowest BCUT2D eigenvalue weighted by atomic mass is 10.4. The third-order valence-electron chi connectivity index (χ3n) is 2.90. The lowest BCUT2D eigenvalue weighted by molar-refractivity contribution is -0.118. The Bertz CT molecular complexity index is 606. The van der Waals surface area contributed by atoms with Crippen LogP contribution < -0.4 is 5.32 Å². The van der Waals surface area contributed by atoms with Gasteiger partial charge in [-0.3, -0.25) is 9.48 Å². The second-order valence-corrected chi connectivity index (χ2v) is 6.98. The molecule has 0 aliphatic heterocycles. The van der Waals surface area contributed by atoms with Crippen LogP contribution >= 0.6 is 23.1 Å². The highest BCUT2D eigenvalue weighted by molar-refractivity contribution is 8.01. The Balaban J connectivity index is 1.62. The second kappa shape index (κ2) is 7.61. The van der Waals surface area contributed by atoms with Gasteiger partial charge in [0.2, 0.25) is 5.91 Å². The van der Waals surface area contributed by atoms with Gasteiger partial charge in [0.05, 0.1) is 11.4 Å². The molecule has 0 bridgehead atoms. The van der Waals surface area contributed by atoms with Gasteiger partial charge in [-0.25, -0.2) is 4.98 Å². The van der Waals surface area contributed by atoms with Crippen molar-refractivity contribution < 1.29 is 4.79 Å². The predicted molar refractivity (Wildman–Crippen MR) is 86.9 cm³/mol. The van der Waals surface area contributed by atoms with Crippen LogP contribution in [-0.4, -0.2) is 33.0 Å². The average Bonchev–Trinajstić information content (AvgIpc) is 2.98. The SMILES string of the molecule is Cc1csc(SCC(=O)NCCCn2nc(C)cc2C)n1. The summed E-state index contributed by atoms with van der Waals surface area (Å²) in [5.74, 6) is 0.480. The van der Waals surface area contributed by atoms with E-state index < -0.39 is 0 Å². The molecule has 0 unspecified atom stereocenters. The van der Waals surface area contributed by atoms with Crippen molar-refractivity contribution >= 4 is 29.0 Å². The maximum Gasteiger partial charge on any atom is 0.230 e. The topological polar surface area (TPSA) is 59.8 Å². The van der Waals surface area contributed by atoms with Crippen molar-refractivity contribution in [3.8, 4) is 0 Å². The number of thioether (sulfide) groups is 1. The summed E-state index contributed by atoms with van der Waals surface area (Å²) in [6.07, 6.45) is 0.884. The molecule has 2 rings (SSSR count). The molecule has 0 aliphatic carbocycles. The molecule has 21 heavy (non-hydrogen) atoms. The quantitative estimate of drug-likeness (QED) is 0.628. The summed E-state index contributed by atoms with van der Waals surface area (Å²) in [4.78, 5) is 16.0. The fraction of sp³-hybridized carbons (Fsp3) is 0.500. The van der Waals surface area contributed by atoms with E-state index in [1.165, 1.54) is 11.8 Å².